The molecule has 0 aromatic rings. The van der Waals surface area contributed by atoms with Crippen LogP contribution >= 0.6 is 15.6 Å². The van der Waals surface area contributed by atoms with Gasteiger partial charge in [-0.2, -0.15) is 0 Å². The molecule has 0 spiro atoms. The maximum absolute atomic E-state index is 13.0. The Balaban J connectivity index is 5.36. The maximum Gasteiger partial charge on any atom is 0.472 e. The predicted octanol–water partition coefficient (Wildman–Crippen LogP) is 20.9. The number of hydrogen-bond acceptors (Lipinski definition) is 15. The smallest absolute Gasteiger partial charge is 0.462 e. The number of aliphatic hydroxyl groups is 1. The summed E-state index contributed by atoms with van der Waals surface area (Å²) in [5, 5.41) is 10.6. The van der Waals surface area contributed by atoms with E-state index in [1.807, 2.05) is 0 Å². The van der Waals surface area contributed by atoms with Crippen molar-refractivity contribution in [1.82, 2.24) is 0 Å². The van der Waals surface area contributed by atoms with Gasteiger partial charge in [-0.15, -0.1) is 0 Å². The van der Waals surface area contributed by atoms with E-state index in [0.29, 0.717) is 25.7 Å². The van der Waals surface area contributed by atoms with Gasteiger partial charge in [-0.05, 0) is 116 Å². The number of hydrogen-bond donors (Lipinski definition) is 3. The molecule has 0 fully saturated rings. The number of esters is 4. The van der Waals surface area contributed by atoms with Crippen LogP contribution in [0, 0.1) is 0 Å². The van der Waals surface area contributed by atoms with Gasteiger partial charge in [0, 0.05) is 25.7 Å². The third-order valence-corrected chi connectivity index (χ3v) is 17.6. The van der Waals surface area contributed by atoms with E-state index in [2.05, 4.69) is 101 Å². The van der Waals surface area contributed by atoms with Crippen molar-refractivity contribution < 1.29 is 80.2 Å². The molecule has 0 saturated heterocycles. The first-order valence-corrected chi connectivity index (χ1v) is 40.2. The fraction of sp³-hybridized carbons (Fsp3) is 0.787. The van der Waals surface area contributed by atoms with Crippen molar-refractivity contribution in [1.29, 1.82) is 0 Å². The van der Waals surface area contributed by atoms with E-state index in [9.17, 15) is 43.2 Å². The molecule has 0 aliphatic heterocycles. The third-order valence-electron chi connectivity index (χ3n) is 15.7. The summed E-state index contributed by atoms with van der Waals surface area (Å²) < 4.78 is 68.3. The van der Waals surface area contributed by atoms with Gasteiger partial charge in [-0.1, -0.05) is 255 Å². The second kappa shape index (κ2) is 68.0. The Morgan fingerprint density at radius 2 is 0.553 bits per heavy atom. The van der Waals surface area contributed by atoms with Crippen molar-refractivity contribution in [3.05, 3.63) is 72.9 Å². The summed E-state index contributed by atoms with van der Waals surface area (Å²) >= 11 is 0. The monoisotopic (exact) mass is 1370 g/mol. The minimum atomic E-state index is -4.97. The molecule has 0 saturated carbocycles. The fourth-order valence-corrected chi connectivity index (χ4v) is 11.5. The highest BCUT2D eigenvalue weighted by atomic mass is 31.2. The quantitative estimate of drug-likeness (QED) is 0.0169. The Hall–Kier alpha value is -3.50. The number of ether oxygens (including phenoxy) is 4. The standard InChI is InChI=1S/C75H134O17P2/c1-5-9-13-17-21-25-29-33-34-38-40-44-48-52-56-60-73(78)86-66-71(92-75(80)62-58-54-50-46-42-37-32-28-24-20-16-12-8-4)68-90-94(83,84)88-64-69(76)63-87-93(81,82)89-67-70(91-74(79)61-57-53-49-45-41-36-31-27-23-19-15-11-7-3)65-85-72(77)59-55-51-47-43-39-35-30-26-22-18-14-10-6-2/h9,13,21,25-27,30-31,33-34,40,44,69-71,76H,5-8,10-12,14-20,22-24,28-29,32,35-39,41-43,45-68H2,1-4H3,(H,81,82)(H,83,84)/b13-9-,25-21-,30-26-,31-27-,34-33-,44-40-. The van der Waals surface area contributed by atoms with Gasteiger partial charge < -0.3 is 33.8 Å². The Kier molecular flexibility index (Phi) is 65.5. The Morgan fingerprint density at radius 1 is 0.309 bits per heavy atom. The van der Waals surface area contributed by atoms with Crippen molar-refractivity contribution in [2.24, 2.45) is 0 Å². The molecule has 0 aromatic carbocycles. The summed E-state index contributed by atoms with van der Waals surface area (Å²) in [5.41, 5.74) is 0. The van der Waals surface area contributed by atoms with Crippen LogP contribution < -0.4 is 0 Å². The highest BCUT2D eigenvalue weighted by Gasteiger charge is 2.30. The fourth-order valence-electron chi connectivity index (χ4n) is 9.97. The van der Waals surface area contributed by atoms with Crippen molar-refractivity contribution in [3.63, 3.8) is 0 Å². The molecular formula is C75H134O17P2. The maximum atomic E-state index is 13.0. The number of allylic oxidation sites excluding steroid dienone is 12. The van der Waals surface area contributed by atoms with E-state index in [4.69, 9.17) is 37.0 Å². The molecule has 94 heavy (non-hydrogen) atoms. The zero-order valence-electron chi connectivity index (χ0n) is 59.4. The normalized spacial score (nSPS) is 14.4. The van der Waals surface area contributed by atoms with Gasteiger partial charge in [0.15, 0.2) is 12.2 Å². The van der Waals surface area contributed by atoms with Crippen molar-refractivity contribution in [2.45, 2.75) is 341 Å². The summed E-state index contributed by atoms with van der Waals surface area (Å²) in [6, 6.07) is 0. The van der Waals surface area contributed by atoms with Crippen LogP contribution in [0.2, 0.25) is 0 Å². The number of rotatable bonds is 70. The zero-order chi connectivity index (χ0) is 69.0. The lowest BCUT2D eigenvalue weighted by molar-refractivity contribution is -0.161. The molecule has 0 rings (SSSR count). The van der Waals surface area contributed by atoms with Crippen LogP contribution in [-0.2, 0) is 65.4 Å². The van der Waals surface area contributed by atoms with Crippen LogP contribution in [0.3, 0.4) is 0 Å². The average Bonchev–Trinajstić information content (AvgIpc) is 1.67. The van der Waals surface area contributed by atoms with Crippen LogP contribution in [0.1, 0.15) is 323 Å². The molecule has 0 aliphatic carbocycles. The van der Waals surface area contributed by atoms with Gasteiger partial charge >= 0.3 is 39.5 Å². The third kappa shape index (κ3) is 67.1. The van der Waals surface area contributed by atoms with Crippen molar-refractivity contribution >= 4 is 39.5 Å². The molecule has 546 valence electrons. The van der Waals surface area contributed by atoms with Gasteiger partial charge in [0.2, 0.25) is 0 Å². The molecular weight excluding hydrogens is 1230 g/mol. The van der Waals surface area contributed by atoms with Gasteiger partial charge in [-0.3, -0.25) is 37.3 Å². The van der Waals surface area contributed by atoms with Crippen LogP contribution in [0.5, 0.6) is 0 Å². The van der Waals surface area contributed by atoms with E-state index in [0.717, 1.165) is 141 Å². The summed E-state index contributed by atoms with van der Waals surface area (Å²) in [6.07, 6.45) is 66.2. The molecule has 0 bridgehead atoms. The molecule has 5 unspecified atom stereocenters. The number of aliphatic hydroxyl groups excluding tert-OH is 1. The average molecular weight is 1370 g/mol. The lowest BCUT2D eigenvalue weighted by atomic mass is 10.0. The van der Waals surface area contributed by atoms with Gasteiger partial charge in [0.25, 0.3) is 0 Å². The minimum Gasteiger partial charge on any atom is -0.462 e. The molecule has 3 N–H and O–H groups in total. The summed E-state index contributed by atoms with van der Waals surface area (Å²) in [4.78, 5) is 72.7. The van der Waals surface area contributed by atoms with Crippen LogP contribution in [0.4, 0.5) is 0 Å². The number of phosphoric acid groups is 2. The SMILES string of the molecule is CC/C=C\C/C=C\C/C=C\C/C=C\CCCCC(=O)OCC(COP(=O)(O)OCC(O)COP(=O)(O)OCC(COC(=O)CCCCCCC/C=C\CCCCCC)OC(=O)CCCCCCC/C=C\CCCCCC)OC(=O)CCCCCCCCCCCCCCC. The van der Waals surface area contributed by atoms with Crippen LogP contribution in [-0.4, -0.2) is 96.7 Å². The van der Waals surface area contributed by atoms with Crippen LogP contribution in [0.15, 0.2) is 72.9 Å². The van der Waals surface area contributed by atoms with Crippen molar-refractivity contribution in [3.8, 4) is 0 Å². The van der Waals surface area contributed by atoms with E-state index >= 15 is 0 Å². The van der Waals surface area contributed by atoms with E-state index in [1.54, 1.807) is 0 Å². The first-order valence-electron chi connectivity index (χ1n) is 37.2. The lowest BCUT2D eigenvalue weighted by Crippen LogP contribution is -2.30. The van der Waals surface area contributed by atoms with Gasteiger partial charge in [0.1, 0.15) is 19.3 Å². The number of unbranched alkanes of at least 4 members (excludes halogenated alkanes) is 32. The van der Waals surface area contributed by atoms with Crippen molar-refractivity contribution in [2.75, 3.05) is 39.6 Å². The number of carbonyl (C=O) groups excluding carboxylic acids is 4. The highest BCUT2D eigenvalue weighted by Crippen LogP contribution is 2.45. The van der Waals surface area contributed by atoms with Crippen LogP contribution in [0.25, 0.3) is 0 Å². The van der Waals surface area contributed by atoms with Gasteiger partial charge in [0.05, 0.1) is 26.4 Å². The molecule has 0 amide bonds. The summed E-state index contributed by atoms with van der Waals surface area (Å²) in [6.45, 7) is 4.69. The molecule has 0 radical (unpaired) electrons. The summed E-state index contributed by atoms with van der Waals surface area (Å²) in [7, 11) is -9.94. The Morgan fingerprint density at radius 3 is 0.894 bits per heavy atom. The molecule has 0 heterocycles. The molecule has 5 atom stereocenters. The second-order valence-electron chi connectivity index (χ2n) is 24.9. The van der Waals surface area contributed by atoms with E-state index in [-0.39, 0.29) is 25.7 Å². The van der Waals surface area contributed by atoms with Gasteiger partial charge in [-0.25, -0.2) is 9.13 Å². The zero-order valence-corrected chi connectivity index (χ0v) is 61.2. The highest BCUT2D eigenvalue weighted by molar-refractivity contribution is 7.47. The topological polar surface area (TPSA) is 237 Å². The number of phosphoric ester groups is 2. The molecule has 0 aromatic heterocycles. The lowest BCUT2D eigenvalue weighted by Gasteiger charge is -2.21. The molecule has 0 aliphatic rings. The summed E-state index contributed by atoms with van der Waals surface area (Å²) in [5.74, 6) is -2.22. The number of carbonyl (C=O) groups is 4. The molecule has 19 heteroatoms. The largest absolute Gasteiger partial charge is 0.472 e. The Bertz CT molecular complexity index is 2070. The first kappa shape index (κ1) is 90.5. The van der Waals surface area contributed by atoms with E-state index < -0.39 is 97.5 Å². The first-order chi connectivity index (χ1) is 45.7. The second-order valence-corrected chi connectivity index (χ2v) is 27.8. The predicted molar refractivity (Wildman–Crippen MR) is 381 cm³/mol. The Labute approximate surface area is 571 Å². The minimum absolute atomic E-state index is 0.0855. The molecule has 17 nitrogen and oxygen atoms in total. The van der Waals surface area contributed by atoms with E-state index in [1.165, 1.54) is 103 Å².